The van der Waals surface area contributed by atoms with Crippen LogP contribution in [-0.2, 0) is 9.59 Å². The van der Waals surface area contributed by atoms with Crippen molar-refractivity contribution in [3.63, 3.8) is 0 Å². The van der Waals surface area contributed by atoms with Gasteiger partial charge in [-0.3, -0.25) is 14.5 Å². The minimum atomic E-state index is -0.105. The number of anilines is 1. The summed E-state index contributed by atoms with van der Waals surface area (Å²) < 4.78 is 5.81. The van der Waals surface area contributed by atoms with Gasteiger partial charge in [-0.05, 0) is 25.0 Å². The van der Waals surface area contributed by atoms with E-state index in [0.717, 1.165) is 6.42 Å². The number of carbonyl (C=O) groups excluding carboxylic acids is 2. The van der Waals surface area contributed by atoms with Gasteiger partial charge in [-0.1, -0.05) is 43.0 Å². The predicted molar refractivity (Wildman–Crippen MR) is 96.8 cm³/mol. The molecule has 1 aromatic rings. The van der Waals surface area contributed by atoms with Crippen molar-refractivity contribution in [3.05, 3.63) is 24.3 Å². The first-order valence-corrected chi connectivity index (χ1v) is 8.80. The third kappa shape index (κ3) is 4.45. The Morgan fingerprint density at radius 2 is 2.17 bits per heavy atom. The molecule has 2 rings (SSSR count). The summed E-state index contributed by atoms with van der Waals surface area (Å²) in [5.41, 5.74) is 0.648. The van der Waals surface area contributed by atoms with Gasteiger partial charge >= 0.3 is 0 Å². The normalized spacial score (nSPS) is 17.5. The number of ether oxygens (including phenoxy) is 1. The number of amides is 2. The molecule has 0 bridgehead atoms. The average Bonchev–Trinajstić information content (AvgIpc) is 2.82. The second kappa shape index (κ2) is 8.31. The highest BCUT2D eigenvalue weighted by Gasteiger charge is 2.35. The summed E-state index contributed by atoms with van der Waals surface area (Å²) in [7, 11) is 1.56. The van der Waals surface area contributed by atoms with E-state index in [-0.39, 0.29) is 17.1 Å². The number of rotatable bonds is 7. The van der Waals surface area contributed by atoms with Crippen molar-refractivity contribution in [2.75, 3.05) is 19.0 Å². The molecule has 0 aromatic heterocycles. The van der Waals surface area contributed by atoms with Crippen LogP contribution < -0.4 is 10.1 Å². The Bertz CT molecular complexity index is 607. The molecule has 5 nitrogen and oxygen atoms in total. The van der Waals surface area contributed by atoms with Gasteiger partial charge in [0.2, 0.25) is 11.8 Å². The summed E-state index contributed by atoms with van der Waals surface area (Å²) in [6, 6.07) is 7.26. The lowest BCUT2D eigenvalue weighted by Gasteiger charge is -2.15. The summed E-state index contributed by atoms with van der Waals surface area (Å²) in [6.07, 6.45) is 1.67. The molecule has 0 spiro atoms. The Hall–Kier alpha value is -1.60. The number of methoxy groups -OCH3 is 1. The minimum absolute atomic E-state index is 0.0626. The summed E-state index contributed by atoms with van der Waals surface area (Å²) >= 11 is 6.67. The first-order chi connectivity index (χ1) is 11.1. The molecular formula is C16H20N2O3S2. The Kier molecular flexibility index (Phi) is 6.41. The molecule has 1 unspecified atom stereocenters. The van der Waals surface area contributed by atoms with E-state index >= 15 is 0 Å². The van der Waals surface area contributed by atoms with E-state index in [1.807, 2.05) is 19.1 Å². The molecule has 23 heavy (non-hydrogen) atoms. The first-order valence-electron chi connectivity index (χ1n) is 7.51. The average molecular weight is 352 g/mol. The fourth-order valence-electron chi connectivity index (χ4n) is 2.32. The first kappa shape index (κ1) is 17.7. The number of thioether (sulfide) groups is 1. The van der Waals surface area contributed by atoms with E-state index < -0.39 is 0 Å². The fourth-order valence-corrected chi connectivity index (χ4v) is 3.79. The van der Waals surface area contributed by atoms with Crippen molar-refractivity contribution >= 4 is 45.8 Å². The Morgan fingerprint density at radius 1 is 1.43 bits per heavy atom. The zero-order valence-corrected chi connectivity index (χ0v) is 14.8. The molecule has 1 aliphatic rings. The van der Waals surface area contributed by atoms with E-state index in [2.05, 4.69) is 5.32 Å². The van der Waals surface area contributed by atoms with Crippen molar-refractivity contribution in [1.29, 1.82) is 0 Å². The third-order valence-electron chi connectivity index (χ3n) is 3.54. The van der Waals surface area contributed by atoms with Gasteiger partial charge in [-0.15, -0.1) is 0 Å². The number of para-hydroxylation sites is 2. The molecule has 2 amide bonds. The van der Waals surface area contributed by atoms with Crippen LogP contribution >= 0.6 is 24.0 Å². The van der Waals surface area contributed by atoms with Crippen molar-refractivity contribution in [1.82, 2.24) is 4.90 Å². The minimum Gasteiger partial charge on any atom is -0.495 e. The number of hydrogen-bond donors (Lipinski definition) is 1. The SMILES string of the molecule is CCC1SC(=S)N(CCCC(=O)Nc2ccccc2OC)C1=O. The molecule has 1 aliphatic heterocycles. The van der Waals surface area contributed by atoms with E-state index in [4.69, 9.17) is 17.0 Å². The molecule has 1 N–H and O–H groups in total. The van der Waals surface area contributed by atoms with Gasteiger partial charge in [0, 0.05) is 13.0 Å². The molecule has 1 aromatic carbocycles. The van der Waals surface area contributed by atoms with Gasteiger partial charge in [-0.2, -0.15) is 0 Å². The maximum atomic E-state index is 12.1. The van der Waals surface area contributed by atoms with Gasteiger partial charge in [0.1, 0.15) is 10.1 Å². The highest BCUT2D eigenvalue weighted by Crippen LogP contribution is 2.29. The summed E-state index contributed by atoms with van der Waals surface area (Å²) in [5.74, 6) is 0.582. The second-order valence-corrected chi connectivity index (χ2v) is 6.96. The largest absolute Gasteiger partial charge is 0.495 e. The van der Waals surface area contributed by atoms with Crippen LogP contribution in [0.4, 0.5) is 5.69 Å². The zero-order valence-electron chi connectivity index (χ0n) is 13.2. The number of nitrogens with one attached hydrogen (secondary N) is 1. The molecule has 124 valence electrons. The second-order valence-electron chi connectivity index (χ2n) is 5.12. The van der Waals surface area contributed by atoms with Crippen LogP contribution in [0.5, 0.6) is 5.75 Å². The molecule has 1 atom stereocenters. The summed E-state index contributed by atoms with van der Waals surface area (Å²) in [4.78, 5) is 25.7. The lowest BCUT2D eigenvalue weighted by atomic mass is 10.2. The van der Waals surface area contributed by atoms with E-state index in [1.165, 1.54) is 11.8 Å². The number of nitrogens with zero attached hydrogens (tertiary/aromatic N) is 1. The van der Waals surface area contributed by atoms with Gasteiger partial charge in [0.25, 0.3) is 0 Å². The monoisotopic (exact) mass is 352 g/mol. The topological polar surface area (TPSA) is 58.6 Å². The lowest BCUT2D eigenvalue weighted by Crippen LogP contribution is -2.32. The smallest absolute Gasteiger partial charge is 0.241 e. The molecule has 0 radical (unpaired) electrons. The molecular weight excluding hydrogens is 332 g/mol. The summed E-state index contributed by atoms with van der Waals surface area (Å²) in [5, 5.41) is 2.76. The van der Waals surface area contributed by atoms with E-state index in [0.29, 0.717) is 35.1 Å². The standard InChI is InChI=1S/C16H20N2O3S2/c1-3-13-15(20)18(16(22)23-13)10-6-9-14(19)17-11-7-4-5-8-12(11)21-2/h4-5,7-8,13H,3,6,9-10H2,1-2H3,(H,17,19). The predicted octanol–water partition coefficient (Wildman–Crippen LogP) is 3.05. The Labute approximate surface area is 145 Å². The third-order valence-corrected chi connectivity index (χ3v) is 5.29. The highest BCUT2D eigenvalue weighted by molar-refractivity contribution is 8.24. The number of benzene rings is 1. The summed E-state index contributed by atoms with van der Waals surface area (Å²) in [6.45, 7) is 2.46. The van der Waals surface area contributed by atoms with Crippen LogP contribution in [-0.4, -0.2) is 39.9 Å². The van der Waals surface area contributed by atoms with Crippen LogP contribution in [0.25, 0.3) is 0 Å². The van der Waals surface area contributed by atoms with Gasteiger partial charge in [0.15, 0.2) is 0 Å². The van der Waals surface area contributed by atoms with Crippen LogP contribution in [0, 0.1) is 0 Å². The quantitative estimate of drug-likeness (QED) is 0.764. The van der Waals surface area contributed by atoms with Crippen molar-refractivity contribution in [2.45, 2.75) is 31.4 Å². The molecule has 0 saturated carbocycles. The van der Waals surface area contributed by atoms with Crippen LogP contribution in [0.2, 0.25) is 0 Å². The molecule has 0 aliphatic carbocycles. The number of hydrogen-bond acceptors (Lipinski definition) is 5. The lowest BCUT2D eigenvalue weighted by molar-refractivity contribution is -0.126. The molecule has 1 heterocycles. The number of carbonyl (C=O) groups is 2. The van der Waals surface area contributed by atoms with Gasteiger partial charge < -0.3 is 10.1 Å². The Balaban J connectivity index is 1.81. The van der Waals surface area contributed by atoms with Gasteiger partial charge in [0.05, 0.1) is 18.0 Å². The van der Waals surface area contributed by atoms with Crippen LogP contribution in [0.3, 0.4) is 0 Å². The van der Waals surface area contributed by atoms with Crippen LogP contribution in [0.1, 0.15) is 26.2 Å². The van der Waals surface area contributed by atoms with Crippen molar-refractivity contribution in [3.8, 4) is 5.75 Å². The van der Waals surface area contributed by atoms with E-state index in [1.54, 1.807) is 24.1 Å². The Morgan fingerprint density at radius 3 is 2.83 bits per heavy atom. The molecule has 1 fully saturated rings. The molecule has 1 saturated heterocycles. The van der Waals surface area contributed by atoms with Crippen molar-refractivity contribution in [2.24, 2.45) is 0 Å². The van der Waals surface area contributed by atoms with Crippen molar-refractivity contribution < 1.29 is 14.3 Å². The van der Waals surface area contributed by atoms with Crippen LogP contribution in [0.15, 0.2) is 24.3 Å². The highest BCUT2D eigenvalue weighted by atomic mass is 32.2. The number of thiocarbonyl (C=S) groups is 1. The molecule has 7 heteroatoms. The maximum Gasteiger partial charge on any atom is 0.241 e. The fraction of sp³-hybridized carbons (Fsp3) is 0.438. The maximum absolute atomic E-state index is 12.1. The van der Waals surface area contributed by atoms with E-state index in [9.17, 15) is 9.59 Å². The van der Waals surface area contributed by atoms with Gasteiger partial charge in [-0.25, -0.2) is 0 Å². The zero-order chi connectivity index (χ0) is 16.8.